The van der Waals surface area contributed by atoms with Crippen molar-refractivity contribution in [1.82, 2.24) is 20.2 Å². The van der Waals surface area contributed by atoms with E-state index in [1.54, 1.807) is 12.5 Å². The van der Waals surface area contributed by atoms with Crippen LogP contribution in [0.3, 0.4) is 0 Å². The molecule has 1 aliphatic carbocycles. The summed E-state index contributed by atoms with van der Waals surface area (Å²) in [4.78, 5) is 27.0. The fourth-order valence-corrected chi connectivity index (χ4v) is 2.94. The number of nitrogens with one attached hydrogen (secondary N) is 2. The number of carboxylic acids is 1. The van der Waals surface area contributed by atoms with E-state index in [-0.39, 0.29) is 18.5 Å². The fraction of sp³-hybridized carbons (Fsp3) is 0.643. The van der Waals surface area contributed by atoms with Gasteiger partial charge in [-0.15, -0.1) is 0 Å². The van der Waals surface area contributed by atoms with Gasteiger partial charge in [0.1, 0.15) is 0 Å². The number of hydrogen-bond donors (Lipinski definition) is 3. The molecule has 3 N–H and O–H groups in total. The molecule has 1 aromatic heterocycles. The van der Waals surface area contributed by atoms with Crippen molar-refractivity contribution in [3.8, 4) is 0 Å². The van der Waals surface area contributed by atoms with Crippen LogP contribution >= 0.6 is 0 Å². The minimum absolute atomic E-state index is 0.0175. The Morgan fingerprint density at radius 1 is 1.43 bits per heavy atom. The van der Waals surface area contributed by atoms with Crippen LogP contribution in [-0.2, 0) is 11.3 Å². The molecule has 2 rings (SSSR count). The molecule has 0 saturated heterocycles. The van der Waals surface area contributed by atoms with Gasteiger partial charge < -0.3 is 20.3 Å². The summed E-state index contributed by atoms with van der Waals surface area (Å²) >= 11 is 0. The quantitative estimate of drug-likeness (QED) is 0.738. The number of hydrogen-bond acceptors (Lipinski definition) is 3. The zero-order chi connectivity index (χ0) is 15.3. The number of carbonyl (C=O) groups excluding carboxylic acids is 1. The molecular formula is C14H22N4O3. The molecular weight excluding hydrogens is 272 g/mol. The lowest BCUT2D eigenvalue weighted by molar-refractivity contribution is -0.138. The first kappa shape index (κ1) is 15.3. The summed E-state index contributed by atoms with van der Waals surface area (Å²) in [5.41, 5.74) is -0.593. The number of amides is 2. The number of carboxylic acid groups (broad SMARTS) is 1. The minimum atomic E-state index is -0.872. The van der Waals surface area contributed by atoms with Crippen LogP contribution in [0, 0.1) is 0 Å². The summed E-state index contributed by atoms with van der Waals surface area (Å²) in [7, 11) is 0. The highest BCUT2D eigenvalue weighted by molar-refractivity contribution is 5.77. The average Bonchev–Trinajstić information content (AvgIpc) is 3.00. The lowest BCUT2D eigenvalue weighted by atomic mass is 9.93. The molecule has 0 aromatic carbocycles. The fourth-order valence-electron chi connectivity index (χ4n) is 2.94. The van der Waals surface area contributed by atoms with Crippen LogP contribution in [0.2, 0.25) is 0 Å². The first-order valence-corrected chi connectivity index (χ1v) is 7.25. The standard InChI is InChI=1S/C14H22N4O3/c1-11(9-18-7-6-15-10-18)16-13(21)17-14(8-12(19)20)4-2-3-5-14/h6-7,10-11H,2-5,8-9H2,1H3,(H,19,20)(H2,16,17,21). The van der Waals surface area contributed by atoms with Crippen molar-refractivity contribution >= 4 is 12.0 Å². The van der Waals surface area contributed by atoms with Crippen LogP contribution in [0.25, 0.3) is 0 Å². The van der Waals surface area contributed by atoms with E-state index in [0.717, 1.165) is 25.7 Å². The molecule has 1 aliphatic rings. The largest absolute Gasteiger partial charge is 0.481 e. The molecule has 116 valence electrons. The zero-order valence-electron chi connectivity index (χ0n) is 12.2. The number of rotatable bonds is 6. The molecule has 0 aliphatic heterocycles. The highest BCUT2D eigenvalue weighted by Gasteiger charge is 2.37. The van der Waals surface area contributed by atoms with Gasteiger partial charge >= 0.3 is 12.0 Å². The van der Waals surface area contributed by atoms with Crippen molar-refractivity contribution in [3.63, 3.8) is 0 Å². The first-order chi connectivity index (χ1) is 9.99. The van der Waals surface area contributed by atoms with E-state index in [9.17, 15) is 9.59 Å². The number of urea groups is 1. The predicted molar refractivity (Wildman–Crippen MR) is 76.8 cm³/mol. The Kier molecular flexibility index (Phi) is 4.82. The third-order valence-electron chi connectivity index (χ3n) is 3.85. The molecule has 1 heterocycles. The van der Waals surface area contributed by atoms with E-state index in [1.165, 1.54) is 0 Å². The zero-order valence-corrected chi connectivity index (χ0v) is 12.2. The van der Waals surface area contributed by atoms with Gasteiger partial charge in [0.2, 0.25) is 0 Å². The highest BCUT2D eigenvalue weighted by atomic mass is 16.4. The molecule has 2 amide bonds. The monoisotopic (exact) mass is 294 g/mol. The van der Waals surface area contributed by atoms with Crippen LogP contribution in [0.4, 0.5) is 4.79 Å². The van der Waals surface area contributed by atoms with Crippen molar-refractivity contribution in [3.05, 3.63) is 18.7 Å². The van der Waals surface area contributed by atoms with E-state index in [2.05, 4.69) is 15.6 Å². The molecule has 7 nitrogen and oxygen atoms in total. The Bertz CT molecular complexity index is 480. The summed E-state index contributed by atoms with van der Waals surface area (Å²) in [6.45, 7) is 2.53. The van der Waals surface area contributed by atoms with Gasteiger partial charge in [-0.3, -0.25) is 4.79 Å². The van der Waals surface area contributed by atoms with Gasteiger partial charge in [0, 0.05) is 25.0 Å². The maximum Gasteiger partial charge on any atom is 0.315 e. The van der Waals surface area contributed by atoms with Gasteiger partial charge in [0.05, 0.1) is 18.3 Å². The van der Waals surface area contributed by atoms with Gasteiger partial charge in [0.25, 0.3) is 0 Å². The molecule has 0 bridgehead atoms. The third-order valence-corrected chi connectivity index (χ3v) is 3.85. The third kappa shape index (κ3) is 4.47. The van der Waals surface area contributed by atoms with Crippen molar-refractivity contribution in [2.75, 3.05) is 0 Å². The second-order valence-corrected chi connectivity index (χ2v) is 5.82. The van der Waals surface area contributed by atoms with Gasteiger partial charge in [0.15, 0.2) is 0 Å². The van der Waals surface area contributed by atoms with Gasteiger partial charge in [-0.2, -0.15) is 0 Å². The maximum atomic E-state index is 12.1. The maximum absolute atomic E-state index is 12.1. The summed E-state index contributed by atoms with van der Waals surface area (Å²) in [5, 5.41) is 14.8. The normalized spacial score (nSPS) is 18.1. The number of nitrogens with zero attached hydrogens (tertiary/aromatic N) is 2. The lowest BCUT2D eigenvalue weighted by Gasteiger charge is -2.29. The topological polar surface area (TPSA) is 96.3 Å². The second-order valence-electron chi connectivity index (χ2n) is 5.82. The summed E-state index contributed by atoms with van der Waals surface area (Å²) in [6.07, 6.45) is 8.56. The minimum Gasteiger partial charge on any atom is -0.481 e. The van der Waals surface area contributed by atoms with E-state index >= 15 is 0 Å². The van der Waals surface area contributed by atoms with Crippen molar-refractivity contribution in [2.24, 2.45) is 0 Å². The van der Waals surface area contributed by atoms with Gasteiger partial charge in [-0.25, -0.2) is 9.78 Å². The van der Waals surface area contributed by atoms with Crippen LogP contribution in [-0.4, -0.2) is 38.2 Å². The highest BCUT2D eigenvalue weighted by Crippen LogP contribution is 2.32. The van der Waals surface area contributed by atoms with E-state index in [0.29, 0.717) is 6.54 Å². The average molecular weight is 294 g/mol. The van der Waals surface area contributed by atoms with Crippen LogP contribution in [0.1, 0.15) is 39.0 Å². The molecule has 0 radical (unpaired) electrons. The molecule has 1 unspecified atom stereocenters. The number of imidazole rings is 1. The Morgan fingerprint density at radius 3 is 2.71 bits per heavy atom. The van der Waals surface area contributed by atoms with E-state index in [4.69, 9.17) is 5.11 Å². The molecule has 1 aromatic rings. The van der Waals surface area contributed by atoms with Crippen LogP contribution < -0.4 is 10.6 Å². The Hall–Kier alpha value is -2.05. The van der Waals surface area contributed by atoms with Crippen LogP contribution in [0.5, 0.6) is 0 Å². The number of aromatic nitrogens is 2. The smallest absolute Gasteiger partial charge is 0.315 e. The van der Waals surface area contributed by atoms with Crippen molar-refractivity contribution in [2.45, 2.75) is 57.2 Å². The molecule has 1 fully saturated rings. The predicted octanol–water partition coefficient (Wildman–Crippen LogP) is 1.36. The molecule has 21 heavy (non-hydrogen) atoms. The van der Waals surface area contributed by atoms with Crippen LogP contribution in [0.15, 0.2) is 18.7 Å². The Balaban J connectivity index is 1.86. The molecule has 1 atom stereocenters. The second kappa shape index (κ2) is 6.60. The van der Waals surface area contributed by atoms with Gasteiger partial charge in [-0.1, -0.05) is 12.8 Å². The molecule has 0 spiro atoms. The lowest BCUT2D eigenvalue weighted by Crippen LogP contribution is -2.53. The van der Waals surface area contributed by atoms with E-state index in [1.807, 2.05) is 17.7 Å². The number of aliphatic carboxylic acids is 1. The van der Waals surface area contributed by atoms with Gasteiger partial charge in [-0.05, 0) is 19.8 Å². The molecule has 7 heteroatoms. The van der Waals surface area contributed by atoms with Crippen molar-refractivity contribution < 1.29 is 14.7 Å². The summed E-state index contributed by atoms with van der Waals surface area (Å²) in [5.74, 6) is -0.872. The number of carbonyl (C=O) groups is 2. The first-order valence-electron chi connectivity index (χ1n) is 7.25. The van der Waals surface area contributed by atoms with E-state index < -0.39 is 11.5 Å². The molecule has 1 saturated carbocycles. The van der Waals surface area contributed by atoms with Crippen molar-refractivity contribution in [1.29, 1.82) is 0 Å². The SMILES string of the molecule is CC(Cn1ccnc1)NC(=O)NC1(CC(=O)O)CCCC1. The summed E-state index contributed by atoms with van der Waals surface area (Å²) < 4.78 is 1.88. The Morgan fingerprint density at radius 2 is 2.14 bits per heavy atom. The Labute approximate surface area is 123 Å². The summed E-state index contributed by atoms with van der Waals surface area (Å²) in [6, 6.07) is -0.367.